The zero-order valence-electron chi connectivity index (χ0n) is 44.0. The molecule has 3 fully saturated rings. The molecule has 0 amide bonds. The topological polar surface area (TPSA) is 389 Å². The number of aliphatic hydroxyl groups excluding tert-OH is 2. The second-order valence-electron chi connectivity index (χ2n) is 16.7. The molecule has 3 aliphatic heterocycles. The molecule has 0 bridgehead atoms. The molecule has 6 aromatic rings. The number of alkyl halides is 3. The maximum Gasteiger partial charge on any atom is 0.280 e. The summed E-state index contributed by atoms with van der Waals surface area (Å²) >= 11 is 6.10. The number of anilines is 2. The van der Waals surface area contributed by atoms with Crippen molar-refractivity contribution in [3.8, 4) is 0 Å². The van der Waals surface area contributed by atoms with Crippen LogP contribution in [0.15, 0.2) is 28.6 Å². The van der Waals surface area contributed by atoms with Crippen LogP contribution in [0.2, 0.25) is 32.4 Å². The number of ether oxygens (including phenoxy) is 3. The molecule has 0 aliphatic carbocycles. The minimum absolute atomic E-state index is 0.00813. The molecule has 0 unspecified atom stereocenters. The van der Waals surface area contributed by atoms with Crippen LogP contribution in [0, 0.1) is 6.92 Å². The average Bonchev–Trinajstić information content (AvgIpc) is 4.33. The van der Waals surface area contributed by atoms with Gasteiger partial charge in [0.1, 0.15) is 68.0 Å². The van der Waals surface area contributed by atoms with Gasteiger partial charge in [-0.2, -0.15) is 9.97 Å². The van der Waals surface area contributed by atoms with Gasteiger partial charge in [0.15, 0.2) is 68.6 Å². The van der Waals surface area contributed by atoms with E-state index in [1.165, 1.54) is 49.1 Å². The summed E-state index contributed by atoms with van der Waals surface area (Å²) in [4.78, 5) is 56.3. The average molecular weight is 1070 g/mol. The van der Waals surface area contributed by atoms with Crippen molar-refractivity contribution in [3.05, 3.63) is 50.7 Å². The van der Waals surface area contributed by atoms with Gasteiger partial charge in [0, 0.05) is 5.34 Å². The van der Waals surface area contributed by atoms with Gasteiger partial charge in [0.2, 0.25) is 11.9 Å². The lowest BCUT2D eigenvalue weighted by Gasteiger charge is -2.31. The third kappa shape index (κ3) is 10.4. The third-order valence-electron chi connectivity index (χ3n) is 12.1. The molecule has 0 spiro atoms. The lowest BCUT2D eigenvalue weighted by atomic mass is 9.92. The Morgan fingerprint density at radius 3 is 1.47 bits per heavy atom. The summed E-state index contributed by atoms with van der Waals surface area (Å²) in [5, 5.41) is 51.8. The highest BCUT2D eigenvalue weighted by atomic mass is 35.5. The number of aliphatic hydroxyl groups is 5. The Kier molecular flexibility index (Phi) is 16.0. The van der Waals surface area contributed by atoms with Crippen LogP contribution in [-0.2, 0) is 32.8 Å². The van der Waals surface area contributed by atoms with Gasteiger partial charge >= 0.3 is 0 Å². The van der Waals surface area contributed by atoms with Gasteiger partial charge in [-0.1, -0.05) is 38.9 Å². The molecule has 400 valence electrons. The van der Waals surface area contributed by atoms with Gasteiger partial charge in [0.25, 0.3) is 40.9 Å². The molecule has 0 saturated carbocycles. The molecule has 3 aliphatic rings. The zero-order valence-corrected chi connectivity index (χ0v) is 40.8. The highest BCUT2D eigenvalue weighted by Gasteiger charge is 2.60. The largest absolute Gasteiger partial charge is 0.437 e. The van der Waals surface area contributed by atoms with Gasteiger partial charge in [-0.3, -0.25) is 33.3 Å². The van der Waals surface area contributed by atoms with Crippen molar-refractivity contribution in [2.45, 2.75) is 106 Å². The van der Waals surface area contributed by atoms with E-state index in [4.69, 9.17) is 66.3 Å². The van der Waals surface area contributed by atoms with Gasteiger partial charge in [-0.25, -0.2) is 38.1 Å². The summed E-state index contributed by atoms with van der Waals surface area (Å²) in [5.41, 5.74) is 3.51. The second-order valence-corrected chi connectivity index (χ2v) is 17.1. The Bertz CT molecular complexity index is 3170. The van der Waals surface area contributed by atoms with E-state index in [1.54, 1.807) is 6.92 Å². The number of nitrogens with one attached hydrogen (secondary N) is 2. The predicted molar refractivity (Wildman–Crippen MR) is 261 cm³/mol. The van der Waals surface area contributed by atoms with Crippen molar-refractivity contribution in [3.63, 3.8) is 0 Å². The Labute approximate surface area is 429 Å². The highest BCUT2D eigenvalue weighted by Crippen LogP contribution is 2.44. The number of halogens is 4. The summed E-state index contributed by atoms with van der Waals surface area (Å²) in [6.45, 7) is 2.74. The molecule has 6 aromatic heterocycles. The second kappa shape index (κ2) is 23.3. The molecular formula is C38H54B4ClF3N14O14. The van der Waals surface area contributed by atoms with E-state index < -0.39 is 140 Å². The molecule has 11 N–H and O–H groups in total. The number of aromatic nitrogens is 12. The summed E-state index contributed by atoms with van der Waals surface area (Å²) < 4.78 is 114. The molecule has 9 heterocycles. The van der Waals surface area contributed by atoms with Crippen LogP contribution in [0.5, 0.6) is 0 Å². The molecule has 0 aromatic carbocycles. The Balaban J connectivity index is 0.000000171. The number of nitrogens with two attached hydrogens (primary N) is 2. The van der Waals surface area contributed by atoms with Crippen molar-refractivity contribution in [2.75, 3.05) is 51.3 Å². The number of imidazole rings is 3. The van der Waals surface area contributed by atoms with Crippen LogP contribution in [0.1, 0.15) is 24.5 Å². The minimum Gasteiger partial charge on any atom is -0.437 e. The fraction of sp³-hybridized carbons (Fsp3) is 0.605. The smallest absolute Gasteiger partial charge is 0.280 e. The summed E-state index contributed by atoms with van der Waals surface area (Å²) in [6, 6.07) is 0. The van der Waals surface area contributed by atoms with E-state index in [9.17, 15) is 43.2 Å². The molecular weight excluding hydrogens is 1010 g/mol. The van der Waals surface area contributed by atoms with E-state index in [0.29, 0.717) is 5.82 Å². The maximum atomic E-state index is 14.1. The van der Waals surface area contributed by atoms with Crippen LogP contribution in [0.4, 0.5) is 25.1 Å². The number of hydrogen-bond acceptors (Lipinski definition) is 23. The highest BCUT2D eigenvalue weighted by molar-refractivity contribution is 6.33. The first kappa shape index (κ1) is 50.8. The number of fused-ring (bicyclic) bond motifs is 3. The number of hydrogen-bond donors (Lipinski definition) is 9. The summed E-state index contributed by atoms with van der Waals surface area (Å²) in [7, 11) is -3.86. The lowest BCUT2D eigenvalue weighted by Crippen LogP contribution is -2.50. The van der Waals surface area contributed by atoms with E-state index in [2.05, 4.69) is 44.9 Å². The molecule has 74 heavy (non-hydrogen) atoms. The van der Waals surface area contributed by atoms with Crippen LogP contribution >= 0.6 is 11.6 Å². The molecule has 9 rings (SSSR count). The van der Waals surface area contributed by atoms with Crippen molar-refractivity contribution >= 4 is 86.8 Å². The molecule has 0 radical (unpaired) electrons. The fourth-order valence-electron chi connectivity index (χ4n) is 8.68. The first-order valence-corrected chi connectivity index (χ1v) is 22.8. The van der Waals surface area contributed by atoms with E-state index >= 15 is 0 Å². The summed E-state index contributed by atoms with van der Waals surface area (Å²) in [6.07, 6.45) is -7.68. The standard InChI is InChI=1S/C14H20B2ClFN4O4.C13H20B2FN5O5.C11H14FN5O5/c1-7-20-11(17)9-12(21-7)22(6-19-9)13-14(23,5-18)10(26-16-3)8(25-13)4-24-15-2;1-14-24-3-6-8(26-15-2)13(23,4-16)11(25-6)21-5-18-7-9(21)19-12(17)20-10(7)22;12-2-11(21)6(19)4(1-18)22-9(11)17-3-14-5-7(17)15-10(13)16-8(5)20/h6,8,10,13,15-16,23H,4-5H2,1-3H3;5-6,8,11,14-15,23H,3-4H2,1-2H3,(H3,17,19,20,22);3-4,6,9,18-19,21H,1-2H2,(H3,13,15,16,20)/t8-,10-,13-,14-;6-,8-,11-,13-;4-,6-,9-,11-/m111/s1/i15D,16D;14D,15D;. The maximum absolute atomic E-state index is 14.1. The normalized spacial score (nSPS) is 30.3. The Morgan fingerprint density at radius 1 is 0.689 bits per heavy atom. The number of aryl methyl sites for hydroxylation is 1. The summed E-state index contributed by atoms with van der Waals surface area (Å²) in [5.74, 6) is -0.00616. The van der Waals surface area contributed by atoms with Crippen LogP contribution in [0.25, 0.3) is 33.5 Å². The first-order valence-electron chi connectivity index (χ1n) is 24.7. The van der Waals surface area contributed by atoms with Gasteiger partial charge in [-0.05, 0) is 6.92 Å². The SMILES string of the molecule is Nc1nc2c(ncn2[C@@H]2O[C@H](CO)[C@@H](O)[C@]2(O)CF)c(=O)[nH]1.[2H]B(C)OC[C@H]1O[C@@H](n2cnc3c(=O)[nH]c(N)nc32)[C@@](O)(CF)[C@@H]1OB([2H])C.[2H]B(C)OC[C@H]1O[C@@H](n2cnc3c(Cl)nc(C)nc32)[C@@](O)(CF)[C@@H]1OB([2H])C. The molecule has 12 atom stereocenters. The number of nitrogen functional groups attached to an aromatic ring is 2. The Hall–Kier alpha value is -5.29. The van der Waals surface area contributed by atoms with Gasteiger partial charge in [0.05, 0.1) is 38.8 Å². The minimum atomic E-state index is -2.32. The van der Waals surface area contributed by atoms with E-state index in [-0.39, 0.29) is 63.8 Å². The van der Waals surface area contributed by atoms with Crippen LogP contribution in [-0.4, -0.2) is 212 Å². The predicted octanol–water partition coefficient (Wildman–Crippen LogP) is -3.26. The van der Waals surface area contributed by atoms with Crippen LogP contribution in [0.3, 0.4) is 0 Å². The van der Waals surface area contributed by atoms with Gasteiger partial charge in [-0.15, -0.1) is 0 Å². The monoisotopic (exact) mass is 1070 g/mol. The van der Waals surface area contributed by atoms with Crippen molar-refractivity contribution in [2.24, 2.45) is 0 Å². The van der Waals surface area contributed by atoms with E-state index in [1.807, 2.05) is 0 Å². The van der Waals surface area contributed by atoms with Crippen molar-refractivity contribution in [1.29, 1.82) is 5.34 Å². The van der Waals surface area contributed by atoms with Crippen LogP contribution < -0.4 is 22.6 Å². The Morgan fingerprint density at radius 2 is 1.08 bits per heavy atom. The molecule has 36 heteroatoms. The zero-order chi connectivity index (χ0) is 57.3. The number of aromatic amines is 2. The number of rotatable bonds is 17. The van der Waals surface area contributed by atoms with E-state index in [0.717, 1.165) is 10.9 Å². The van der Waals surface area contributed by atoms with Crippen molar-refractivity contribution < 1.29 is 71.5 Å². The fourth-order valence-corrected chi connectivity index (χ4v) is 8.93. The first-order chi connectivity index (χ1) is 36.8. The third-order valence-corrected chi connectivity index (χ3v) is 12.4. The molecule has 3 saturated heterocycles. The lowest BCUT2D eigenvalue weighted by molar-refractivity contribution is -0.118. The van der Waals surface area contributed by atoms with Crippen molar-refractivity contribution in [1.82, 2.24) is 58.6 Å². The molecule has 28 nitrogen and oxygen atoms in total. The quantitative estimate of drug-likeness (QED) is 0.0320. The number of nitrogens with zero attached hydrogens (tertiary/aromatic N) is 10. The van der Waals surface area contributed by atoms with Gasteiger partial charge < -0.3 is 69.8 Å². The number of H-pyrrole nitrogens is 2.